The van der Waals surface area contributed by atoms with Crippen LogP contribution in [0, 0.1) is 13.8 Å². The molecule has 0 aliphatic rings. The Kier molecular flexibility index (Phi) is 6.05. The van der Waals surface area contributed by atoms with Gasteiger partial charge in [0.15, 0.2) is 6.04 Å². The molecule has 1 N–H and O–H groups in total. The second kappa shape index (κ2) is 8.07. The zero-order valence-electron chi connectivity index (χ0n) is 16.2. The number of ether oxygens (including phenoxy) is 2. The maximum absolute atomic E-state index is 12.6. The quantitative estimate of drug-likeness (QED) is 0.622. The Bertz CT molecular complexity index is 965. The third-order valence-corrected chi connectivity index (χ3v) is 4.06. The van der Waals surface area contributed by atoms with Crippen LogP contribution in [0.25, 0.3) is 0 Å². The molecular weight excluding hydrogens is 348 g/mol. The van der Waals surface area contributed by atoms with E-state index in [0.717, 1.165) is 15.7 Å². The summed E-state index contributed by atoms with van der Waals surface area (Å²) in [6.45, 7) is 11.0. The summed E-state index contributed by atoms with van der Waals surface area (Å²) in [6, 6.07) is 4.41. The van der Waals surface area contributed by atoms with Gasteiger partial charge in [-0.25, -0.2) is 14.2 Å². The third-order valence-electron chi connectivity index (χ3n) is 4.06. The van der Waals surface area contributed by atoms with Crippen LogP contribution in [0.1, 0.15) is 42.5 Å². The van der Waals surface area contributed by atoms with Crippen molar-refractivity contribution in [2.75, 3.05) is 7.11 Å². The predicted octanol–water partition coefficient (Wildman–Crippen LogP) is 2.97. The molecule has 0 bridgehead atoms. The molecule has 0 aliphatic carbocycles. The molecule has 1 atom stereocenters. The number of aromatic nitrogens is 2. The van der Waals surface area contributed by atoms with Crippen molar-refractivity contribution in [3.05, 3.63) is 68.4 Å². The van der Waals surface area contributed by atoms with Crippen molar-refractivity contribution >= 4 is 5.97 Å². The van der Waals surface area contributed by atoms with E-state index in [4.69, 9.17) is 9.47 Å². The number of hydrogen-bond acceptors (Lipinski definition) is 5. The third kappa shape index (κ3) is 4.19. The summed E-state index contributed by atoms with van der Waals surface area (Å²) in [5, 5.41) is 0. The number of methoxy groups -OCH3 is 1. The number of rotatable bonds is 6. The van der Waals surface area contributed by atoms with Gasteiger partial charge in [-0.15, -0.1) is 6.58 Å². The predicted molar refractivity (Wildman–Crippen MR) is 103 cm³/mol. The number of aryl methyl sites for hydroxylation is 2. The molecule has 1 aromatic heterocycles. The fraction of sp³-hybridized carbons (Fsp3) is 0.350. The Morgan fingerprint density at radius 2 is 1.78 bits per heavy atom. The number of carbonyl (C=O) groups excluding carboxylic acids is 1. The van der Waals surface area contributed by atoms with Gasteiger partial charge in [-0.05, 0) is 43.0 Å². The van der Waals surface area contributed by atoms with Crippen LogP contribution >= 0.6 is 0 Å². The number of esters is 1. The van der Waals surface area contributed by atoms with E-state index in [9.17, 15) is 14.4 Å². The number of aromatic amines is 1. The Labute approximate surface area is 157 Å². The molecule has 0 saturated carbocycles. The van der Waals surface area contributed by atoms with E-state index in [-0.39, 0.29) is 17.4 Å². The van der Waals surface area contributed by atoms with Gasteiger partial charge in [0, 0.05) is 0 Å². The van der Waals surface area contributed by atoms with Crippen LogP contribution in [0.3, 0.4) is 0 Å². The molecule has 0 spiro atoms. The van der Waals surface area contributed by atoms with Crippen molar-refractivity contribution in [1.29, 1.82) is 0 Å². The molecule has 0 amide bonds. The fourth-order valence-electron chi connectivity index (χ4n) is 2.94. The first-order chi connectivity index (χ1) is 12.7. The van der Waals surface area contributed by atoms with Crippen molar-refractivity contribution in [1.82, 2.24) is 9.55 Å². The number of H-pyrrole nitrogens is 1. The molecule has 0 aliphatic heterocycles. The van der Waals surface area contributed by atoms with Crippen LogP contribution in [0.15, 0.2) is 40.4 Å². The lowest BCUT2D eigenvalue weighted by molar-refractivity contribution is -0.143. The molecule has 27 heavy (non-hydrogen) atoms. The van der Waals surface area contributed by atoms with Gasteiger partial charge in [-0.1, -0.05) is 26.0 Å². The summed E-state index contributed by atoms with van der Waals surface area (Å²) in [7, 11) is 1.21. The second-order valence-corrected chi connectivity index (χ2v) is 6.63. The number of carbonyl (C=O) groups is 1. The molecule has 144 valence electrons. The zero-order chi connectivity index (χ0) is 20.3. The average Bonchev–Trinajstić information content (AvgIpc) is 2.56. The Morgan fingerprint density at radius 1 is 1.19 bits per heavy atom. The van der Waals surface area contributed by atoms with Crippen molar-refractivity contribution in [3.63, 3.8) is 0 Å². The zero-order valence-corrected chi connectivity index (χ0v) is 16.2. The highest BCUT2D eigenvalue weighted by atomic mass is 16.5. The molecule has 1 unspecified atom stereocenters. The number of benzene rings is 1. The first-order valence-electron chi connectivity index (χ1n) is 8.54. The van der Waals surface area contributed by atoms with Crippen molar-refractivity contribution in [2.24, 2.45) is 0 Å². The van der Waals surface area contributed by atoms with Gasteiger partial charge in [0.1, 0.15) is 5.75 Å². The molecule has 2 aromatic rings. The smallest absolute Gasteiger partial charge is 0.333 e. The molecule has 0 fully saturated rings. The van der Waals surface area contributed by atoms with E-state index >= 15 is 0 Å². The van der Waals surface area contributed by atoms with Gasteiger partial charge >= 0.3 is 11.7 Å². The van der Waals surface area contributed by atoms with E-state index in [2.05, 4.69) is 11.6 Å². The first kappa shape index (κ1) is 20.2. The lowest BCUT2D eigenvalue weighted by Crippen LogP contribution is -2.38. The molecule has 0 radical (unpaired) electrons. The van der Waals surface area contributed by atoms with Crippen molar-refractivity contribution < 1.29 is 14.3 Å². The summed E-state index contributed by atoms with van der Waals surface area (Å²) in [4.78, 5) is 39.4. The topological polar surface area (TPSA) is 90.4 Å². The molecule has 7 heteroatoms. The molecule has 0 saturated heterocycles. The van der Waals surface area contributed by atoms with Crippen LogP contribution in [0.5, 0.6) is 11.6 Å². The summed E-state index contributed by atoms with van der Waals surface area (Å²) in [5.74, 6) is -0.497. The standard InChI is InChI=1S/C20H24N2O5/c1-7-15(19(24)26-6)22-18(16(11(2)3)17(23)21-20(22)25)27-14-9-12(4)8-13(5)10-14/h7-11,15H,1H2,2-6H3,(H,21,23,25). The molecule has 2 rings (SSSR count). The van der Waals surface area contributed by atoms with Gasteiger partial charge in [0.05, 0.1) is 12.7 Å². The monoisotopic (exact) mass is 372 g/mol. The SMILES string of the molecule is C=CC(C(=O)OC)n1c(Oc2cc(C)cc(C)c2)c(C(C)C)c(=O)[nH]c1=O. The summed E-state index contributed by atoms with van der Waals surface area (Å²) >= 11 is 0. The number of nitrogens with one attached hydrogen (secondary N) is 1. The Balaban J connectivity index is 2.81. The second-order valence-electron chi connectivity index (χ2n) is 6.63. The fourth-order valence-corrected chi connectivity index (χ4v) is 2.94. The Hall–Kier alpha value is -3.09. The van der Waals surface area contributed by atoms with Gasteiger partial charge in [-0.2, -0.15) is 0 Å². The molecule has 1 aromatic carbocycles. The van der Waals surface area contributed by atoms with Crippen LogP contribution in [-0.4, -0.2) is 22.6 Å². The van der Waals surface area contributed by atoms with Gasteiger partial charge in [-0.3, -0.25) is 9.78 Å². The van der Waals surface area contributed by atoms with Gasteiger partial charge in [0.2, 0.25) is 5.88 Å². The Morgan fingerprint density at radius 3 is 2.26 bits per heavy atom. The van der Waals surface area contributed by atoms with E-state index in [0.29, 0.717) is 5.75 Å². The minimum absolute atomic E-state index is 0.000880. The molecule has 7 nitrogen and oxygen atoms in total. The van der Waals surface area contributed by atoms with Crippen molar-refractivity contribution in [2.45, 2.75) is 39.7 Å². The maximum Gasteiger partial charge on any atom is 0.333 e. The minimum Gasteiger partial charge on any atom is -0.467 e. The summed E-state index contributed by atoms with van der Waals surface area (Å²) in [6.07, 6.45) is 1.27. The first-order valence-corrected chi connectivity index (χ1v) is 8.54. The van der Waals surface area contributed by atoms with Crippen LogP contribution in [-0.2, 0) is 9.53 Å². The van der Waals surface area contributed by atoms with Crippen molar-refractivity contribution in [3.8, 4) is 11.6 Å². The molecular formula is C20H24N2O5. The van der Waals surface area contributed by atoms with E-state index in [1.165, 1.54) is 13.2 Å². The summed E-state index contributed by atoms with van der Waals surface area (Å²) < 4.78 is 11.8. The summed E-state index contributed by atoms with van der Waals surface area (Å²) in [5.41, 5.74) is 0.841. The average molecular weight is 372 g/mol. The highest BCUT2D eigenvalue weighted by Gasteiger charge is 2.28. The lowest BCUT2D eigenvalue weighted by atomic mass is 10.1. The number of nitrogens with zero attached hydrogens (tertiary/aromatic N) is 1. The largest absolute Gasteiger partial charge is 0.467 e. The highest BCUT2D eigenvalue weighted by Crippen LogP contribution is 2.30. The van der Waals surface area contributed by atoms with Gasteiger partial charge < -0.3 is 9.47 Å². The maximum atomic E-state index is 12.6. The van der Waals surface area contributed by atoms with E-state index in [1.54, 1.807) is 26.0 Å². The van der Waals surface area contributed by atoms with Crippen LogP contribution in [0.2, 0.25) is 0 Å². The van der Waals surface area contributed by atoms with Gasteiger partial charge in [0.25, 0.3) is 5.56 Å². The van der Waals surface area contributed by atoms with E-state index in [1.807, 2.05) is 19.9 Å². The van der Waals surface area contributed by atoms with Crippen LogP contribution in [0.4, 0.5) is 0 Å². The minimum atomic E-state index is -1.14. The highest BCUT2D eigenvalue weighted by molar-refractivity contribution is 5.76. The molecule has 1 heterocycles. The lowest BCUT2D eigenvalue weighted by Gasteiger charge is -2.21. The number of hydrogen-bond donors (Lipinski definition) is 1. The van der Waals surface area contributed by atoms with E-state index < -0.39 is 23.3 Å². The van der Waals surface area contributed by atoms with Crippen LogP contribution < -0.4 is 16.0 Å². The normalized spacial score (nSPS) is 11.9.